The maximum absolute atomic E-state index is 14.7. The standard InChI is InChI=1S/C25H23BrFN5O5S/c1-29-21(33)13-20(28-19-10-7-14(26)11-18(19)27)22-23(29)31(25(35)32(24(22)34)15-8-9-15)17-6-4-5-16(12-17)30(2)38(3,36)37/h4-7,10-13,15,28H,8-9H2,1-3H3. The molecule has 2 heterocycles. The van der Waals surface area contributed by atoms with E-state index in [0.717, 1.165) is 15.1 Å². The number of halogens is 2. The summed E-state index contributed by atoms with van der Waals surface area (Å²) in [7, 11) is -0.794. The second kappa shape index (κ2) is 9.24. The lowest BCUT2D eigenvalue weighted by Gasteiger charge is -2.21. The van der Waals surface area contributed by atoms with Crippen LogP contribution in [0, 0.1) is 5.82 Å². The highest BCUT2D eigenvalue weighted by Crippen LogP contribution is 2.34. The van der Waals surface area contributed by atoms with Crippen molar-refractivity contribution in [3.63, 3.8) is 0 Å². The Hall–Kier alpha value is -3.71. The van der Waals surface area contributed by atoms with Gasteiger partial charge in [-0.05, 0) is 49.2 Å². The Morgan fingerprint density at radius 3 is 2.39 bits per heavy atom. The fraction of sp³-hybridized carbons (Fsp3) is 0.240. The van der Waals surface area contributed by atoms with Gasteiger partial charge in [-0.25, -0.2) is 22.2 Å². The predicted octanol–water partition coefficient (Wildman–Crippen LogP) is 3.23. The average molecular weight is 604 g/mol. The predicted molar refractivity (Wildman–Crippen MR) is 148 cm³/mol. The van der Waals surface area contributed by atoms with Crippen LogP contribution >= 0.6 is 15.9 Å². The van der Waals surface area contributed by atoms with Gasteiger partial charge in [0.1, 0.15) is 16.9 Å². The van der Waals surface area contributed by atoms with Crippen molar-refractivity contribution in [2.24, 2.45) is 7.05 Å². The first-order chi connectivity index (χ1) is 17.9. The lowest BCUT2D eigenvalue weighted by Crippen LogP contribution is -2.41. The number of nitrogens with zero attached hydrogens (tertiary/aromatic N) is 4. The van der Waals surface area contributed by atoms with Gasteiger partial charge in [0.25, 0.3) is 11.1 Å². The molecule has 0 aliphatic heterocycles. The van der Waals surface area contributed by atoms with Gasteiger partial charge in [0.05, 0.1) is 29.0 Å². The van der Waals surface area contributed by atoms with Crippen LogP contribution in [0.5, 0.6) is 0 Å². The van der Waals surface area contributed by atoms with Gasteiger partial charge in [-0.2, -0.15) is 0 Å². The first kappa shape index (κ1) is 25.9. The molecule has 2 aromatic carbocycles. The minimum atomic E-state index is -3.60. The minimum Gasteiger partial charge on any atom is -0.352 e. The largest absolute Gasteiger partial charge is 0.352 e. The van der Waals surface area contributed by atoms with Crippen LogP contribution in [0.25, 0.3) is 16.7 Å². The minimum absolute atomic E-state index is 0.0106. The fourth-order valence-electron chi connectivity index (χ4n) is 4.30. The first-order valence-corrected chi connectivity index (χ1v) is 14.2. The smallest absolute Gasteiger partial charge is 0.337 e. The zero-order valence-corrected chi connectivity index (χ0v) is 23.0. The topological polar surface area (TPSA) is 115 Å². The van der Waals surface area contributed by atoms with Crippen LogP contribution in [-0.4, -0.2) is 35.4 Å². The van der Waals surface area contributed by atoms with E-state index in [1.54, 1.807) is 24.3 Å². The summed E-state index contributed by atoms with van der Waals surface area (Å²) >= 11 is 3.20. The number of pyridine rings is 1. The van der Waals surface area contributed by atoms with Crippen molar-refractivity contribution in [3.8, 4) is 5.69 Å². The number of hydrogen-bond acceptors (Lipinski definition) is 6. The Morgan fingerprint density at radius 2 is 1.76 bits per heavy atom. The van der Waals surface area contributed by atoms with Crippen LogP contribution in [0.4, 0.5) is 21.5 Å². The van der Waals surface area contributed by atoms with Gasteiger partial charge in [-0.1, -0.05) is 22.0 Å². The van der Waals surface area contributed by atoms with Crippen molar-refractivity contribution >= 4 is 54.0 Å². The number of fused-ring (bicyclic) bond motifs is 1. The van der Waals surface area contributed by atoms with Crippen molar-refractivity contribution < 1.29 is 12.8 Å². The Balaban J connectivity index is 1.87. The van der Waals surface area contributed by atoms with E-state index in [2.05, 4.69) is 21.2 Å². The SMILES string of the molecule is CN(c1cccc(-n2c(=O)n(C3CC3)c(=O)c3c(Nc4ccc(Br)cc4F)cc(=O)n(C)c32)c1)S(C)(=O)=O. The number of anilines is 3. The Bertz CT molecular complexity index is 1910. The third-order valence-electron chi connectivity index (χ3n) is 6.51. The first-order valence-electron chi connectivity index (χ1n) is 11.6. The van der Waals surface area contributed by atoms with Crippen molar-refractivity contribution in [1.82, 2.24) is 13.7 Å². The Labute approximate surface area is 224 Å². The molecule has 0 bridgehead atoms. The third kappa shape index (κ3) is 4.45. The second-order valence-corrected chi connectivity index (χ2v) is 12.1. The van der Waals surface area contributed by atoms with Crippen LogP contribution in [0.3, 0.4) is 0 Å². The molecule has 0 atom stereocenters. The number of hydrogen-bond donors (Lipinski definition) is 1. The molecule has 1 fully saturated rings. The molecule has 4 aromatic rings. The third-order valence-corrected chi connectivity index (χ3v) is 8.21. The Morgan fingerprint density at radius 1 is 1.05 bits per heavy atom. The van der Waals surface area contributed by atoms with Crippen LogP contribution < -0.4 is 26.4 Å². The molecule has 1 saturated carbocycles. The van der Waals surface area contributed by atoms with Crippen molar-refractivity contribution in [2.45, 2.75) is 18.9 Å². The normalized spacial score (nSPS) is 13.6. The molecule has 2 aromatic heterocycles. The van der Waals surface area contributed by atoms with E-state index in [-0.39, 0.29) is 39.8 Å². The molecule has 198 valence electrons. The van der Waals surface area contributed by atoms with Gasteiger partial charge in [0.2, 0.25) is 10.0 Å². The van der Waals surface area contributed by atoms with Gasteiger partial charge in [-0.3, -0.25) is 23.0 Å². The summed E-state index contributed by atoms with van der Waals surface area (Å²) in [4.78, 5) is 40.6. The molecule has 13 heteroatoms. The van der Waals surface area contributed by atoms with E-state index in [1.807, 2.05) is 0 Å². The van der Waals surface area contributed by atoms with Crippen LogP contribution in [0.15, 0.2) is 67.4 Å². The maximum atomic E-state index is 14.7. The molecule has 0 amide bonds. The van der Waals surface area contributed by atoms with E-state index < -0.39 is 32.6 Å². The summed E-state index contributed by atoms with van der Waals surface area (Å²) < 4.78 is 44.1. The van der Waals surface area contributed by atoms with Gasteiger partial charge in [-0.15, -0.1) is 0 Å². The summed E-state index contributed by atoms with van der Waals surface area (Å²) in [6, 6.07) is 11.4. The number of aryl methyl sites for hydroxylation is 1. The monoisotopic (exact) mass is 603 g/mol. The molecule has 0 saturated heterocycles. The Kier molecular flexibility index (Phi) is 6.30. The van der Waals surface area contributed by atoms with Gasteiger partial charge < -0.3 is 5.32 Å². The summed E-state index contributed by atoms with van der Waals surface area (Å²) in [5, 5.41) is 2.88. The van der Waals surface area contributed by atoms with E-state index in [1.165, 1.54) is 47.5 Å². The van der Waals surface area contributed by atoms with Crippen molar-refractivity contribution in [3.05, 3.63) is 90.0 Å². The zero-order valence-electron chi connectivity index (χ0n) is 20.6. The molecule has 38 heavy (non-hydrogen) atoms. The van der Waals surface area contributed by atoms with Crippen molar-refractivity contribution in [2.75, 3.05) is 22.9 Å². The lowest BCUT2D eigenvalue weighted by molar-refractivity contribution is 0.600. The highest BCUT2D eigenvalue weighted by Gasteiger charge is 2.31. The van der Waals surface area contributed by atoms with Gasteiger partial charge >= 0.3 is 5.69 Å². The molecular formula is C25H23BrFN5O5S. The highest BCUT2D eigenvalue weighted by molar-refractivity contribution is 9.10. The number of aromatic nitrogens is 3. The van der Waals surface area contributed by atoms with E-state index >= 15 is 0 Å². The highest BCUT2D eigenvalue weighted by atomic mass is 79.9. The lowest BCUT2D eigenvalue weighted by atomic mass is 10.2. The summed E-state index contributed by atoms with van der Waals surface area (Å²) in [6.45, 7) is 0. The second-order valence-electron chi connectivity index (χ2n) is 9.18. The quantitative estimate of drug-likeness (QED) is 0.362. The molecule has 1 aliphatic carbocycles. The average Bonchev–Trinajstić information content (AvgIpc) is 3.68. The zero-order chi connectivity index (χ0) is 27.5. The van der Waals surface area contributed by atoms with Crippen LogP contribution in [0.1, 0.15) is 18.9 Å². The van der Waals surface area contributed by atoms with Crippen LogP contribution in [-0.2, 0) is 17.1 Å². The molecule has 1 aliphatic rings. The number of rotatable bonds is 6. The van der Waals surface area contributed by atoms with Gasteiger partial charge in [0, 0.05) is 30.7 Å². The van der Waals surface area contributed by atoms with Gasteiger partial charge in [0.15, 0.2) is 0 Å². The molecule has 5 rings (SSSR count). The maximum Gasteiger partial charge on any atom is 0.337 e. The molecule has 10 nitrogen and oxygen atoms in total. The number of sulfonamides is 1. The van der Waals surface area contributed by atoms with E-state index in [9.17, 15) is 27.2 Å². The summed E-state index contributed by atoms with van der Waals surface area (Å²) in [6.07, 6.45) is 2.32. The van der Waals surface area contributed by atoms with Crippen LogP contribution in [0.2, 0.25) is 0 Å². The molecular weight excluding hydrogens is 581 g/mol. The number of nitrogens with one attached hydrogen (secondary N) is 1. The molecule has 0 unspecified atom stereocenters. The summed E-state index contributed by atoms with van der Waals surface area (Å²) in [5.74, 6) is -0.611. The summed E-state index contributed by atoms with van der Waals surface area (Å²) in [5.41, 5.74) is -1.21. The van der Waals surface area contributed by atoms with E-state index in [4.69, 9.17) is 0 Å². The molecule has 1 N–H and O–H groups in total. The molecule has 0 spiro atoms. The fourth-order valence-corrected chi connectivity index (χ4v) is 5.13. The van der Waals surface area contributed by atoms with E-state index in [0.29, 0.717) is 17.3 Å². The van der Waals surface area contributed by atoms with Crippen molar-refractivity contribution in [1.29, 1.82) is 0 Å². The molecule has 0 radical (unpaired) electrons. The number of benzene rings is 2.